The molecule has 0 spiro atoms. The zero-order valence-corrected chi connectivity index (χ0v) is 17.0. The molecule has 154 valence electrons. The first-order chi connectivity index (χ1) is 14.4. The predicted octanol–water partition coefficient (Wildman–Crippen LogP) is 3.55. The van der Waals surface area contributed by atoms with E-state index in [-0.39, 0.29) is 6.54 Å². The van der Waals surface area contributed by atoms with E-state index in [9.17, 15) is 4.79 Å². The lowest BCUT2D eigenvalue weighted by atomic mass is 10.2. The minimum Gasteiger partial charge on any atom is -0.444 e. The second kappa shape index (κ2) is 7.94. The summed E-state index contributed by atoms with van der Waals surface area (Å²) >= 11 is 0. The van der Waals surface area contributed by atoms with Crippen molar-refractivity contribution in [2.24, 2.45) is 0 Å². The number of amides is 1. The Bertz CT molecular complexity index is 1160. The second-order valence-electron chi connectivity index (χ2n) is 7.72. The van der Waals surface area contributed by atoms with Crippen LogP contribution in [0.4, 0.5) is 4.79 Å². The van der Waals surface area contributed by atoms with Gasteiger partial charge in [0, 0.05) is 11.6 Å². The molecule has 0 aliphatic rings. The van der Waals surface area contributed by atoms with Crippen LogP contribution in [0, 0.1) is 0 Å². The minimum atomic E-state index is -0.580. The van der Waals surface area contributed by atoms with Gasteiger partial charge in [-0.25, -0.2) is 4.79 Å². The number of carbonyl (C=O) groups excluding carboxylic acids is 1. The third-order valence-electron chi connectivity index (χ3n) is 4.14. The summed E-state index contributed by atoms with van der Waals surface area (Å²) in [4.78, 5) is 20.7. The number of nitrogens with zero attached hydrogens (tertiary/aromatic N) is 5. The molecule has 4 aromatic rings. The summed E-state index contributed by atoms with van der Waals surface area (Å²) in [6, 6.07) is 13.5. The lowest BCUT2D eigenvalue weighted by Gasteiger charge is -2.19. The predicted molar refractivity (Wildman–Crippen MR) is 109 cm³/mol. The maximum Gasteiger partial charge on any atom is 0.408 e. The van der Waals surface area contributed by atoms with Crippen molar-refractivity contribution in [3.05, 3.63) is 60.2 Å². The standard InChI is InChI=1S/C21H22N6O3/c1-21(2,3)29-20(28)23-12-17-24-19(30-26-17)18-15-9-4-5-10-16(15)25-27(18)13-14-8-6-7-11-22-14/h4-11H,12-13H2,1-3H3,(H,23,28). The molecule has 1 N–H and O–H groups in total. The molecule has 9 nitrogen and oxygen atoms in total. The van der Waals surface area contributed by atoms with Crippen molar-refractivity contribution in [3.8, 4) is 11.6 Å². The molecule has 0 fully saturated rings. The average molecular weight is 406 g/mol. The van der Waals surface area contributed by atoms with E-state index in [1.54, 1.807) is 31.6 Å². The summed E-state index contributed by atoms with van der Waals surface area (Å²) < 4.78 is 12.5. The van der Waals surface area contributed by atoms with Gasteiger partial charge in [-0.3, -0.25) is 9.67 Å². The zero-order chi connectivity index (χ0) is 21.1. The van der Waals surface area contributed by atoms with Crippen LogP contribution in [0.25, 0.3) is 22.5 Å². The van der Waals surface area contributed by atoms with Crippen molar-refractivity contribution in [1.29, 1.82) is 0 Å². The van der Waals surface area contributed by atoms with Crippen LogP contribution in [0.1, 0.15) is 32.3 Å². The molecule has 0 radical (unpaired) electrons. The van der Waals surface area contributed by atoms with Gasteiger partial charge in [-0.15, -0.1) is 0 Å². The lowest BCUT2D eigenvalue weighted by Crippen LogP contribution is -2.32. The third-order valence-corrected chi connectivity index (χ3v) is 4.14. The van der Waals surface area contributed by atoms with E-state index >= 15 is 0 Å². The monoisotopic (exact) mass is 406 g/mol. The summed E-state index contributed by atoms with van der Waals surface area (Å²) in [6.45, 7) is 5.94. The van der Waals surface area contributed by atoms with Crippen molar-refractivity contribution in [2.45, 2.75) is 39.5 Å². The third kappa shape index (κ3) is 4.45. The van der Waals surface area contributed by atoms with E-state index in [1.807, 2.05) is 42.5 Å². The molecule has 1 amide bonds. The van der Waals surface area contributed by atoms with E-state index in [0.717, 1.165) is 16.6 Å². The van der Waals surface area contributed by atoms with E-state index in [0.29, 0.717) is 24.0 Å². The molecule has 0 unspecified atom stereocenters. The number of nitrogens with one attached hydrogen (secondary N) is 1. The Morgan fingerprint density at radius 1 is 1.17 bits per heavy atom. The molecule has 9 heteroatoms. The summed E-state index contributed by atoms with van der Waals surface area (Å²) in [6.07, 6.45) is 1.20. The summed E-state index contributed by atoms with van der Waals surface area (Å²) in [5.74, 6) is 0.658. The average Bonchev–Trinajstić information content (AvgIpc) is 3.29. The van der Waals surface area contributed by atoms with Gasteiger partial charge >= 0.3 is 6.09 Å². The van der Waals surface area contributed by atoms with Gasteiger partial charge in [-0.2, -0.15) is 10.1 Å². The molecule has 0 saturated heterocycles. The number of hydrogen-bond donors (Lipinski definition) is 1. The molecule has 3 heterocycles. The van der Waals surface area contributed by atoms with E-state index in [1.165, 1.54) is 0 Å². The van der Waals surface area contributed by atoms with Gasteiger partial charge in [-0.05, 0) is 39.0 Å². The van der Waals surface area contributed by atoms with Crippen molar-refractivity contribution in [3.63, 3.8) is 0 Å². The van der Waals surface area contributed by atoms with Gasteiger partial charge in [0.25, 0.3) is 5.89 Å². The number of carbonyl (C=O) groups is 1. The van der Waals surface area contributed by atoms with Crippen molar-refractivity contribution < 1.29 is 14.1 Å². The van der Waals surface area contributed by atoms with E-state index < -0.39 is 11.7 Å². The quantitative estimate of drug-likeness (QED) is 0.540. The molecule has 0 saturated carbocycles. The Morgan fingerprint density at radius 2 is 1.97 bits per heavy atom. The largest absolute Gasteiger partial charge is 0.444 e. The number of aromatic nitrogens is 5. The molecule has 0 aliphatic heterocycles. The first-order valence-electron chi connectivity index (χ1n) is 9.54. The van der Waals surface area contributed by atoms with Gasteiger partial charge in [0.05, 0.1) is 24.3 Å². The Labute approximate surface area is 173 Å². The minimum absolute atomic E-state index is 0.0880. The SMILES string of the molecule is CC(C)(C)OC(=O)NCc1noc(-c2c3ccccc3nn2Cc2ccccn2)n1. The summed E-state index contributed by atoms with van der Waals surface area (Å²) in [5.41, 5.74) is 1.80. The fourth-order valence-electron chi connectivity index (χ4n) is 2.95. The van der Waals surface area contributed by atoms with Crippen LogP contribution in [0.3, 0.4) is 0 Å². The molecule has 0 aliphatic carbocycles. The molecular weight excluding hydrogens is 384 g/mol. The van der Waals surface area contributed by atoms with E-state index in [4.69, 9.17) is 9.26 Å². The van der Waals surface area contributed by atoms with Gasteiger partial charge in [0.2, 0.25) is 0 Å². The van der Waals surface area contributed by atoms with Gasteiger partial charge in [0.1, 0.15) is 11.3 Å². The highest BCUT2D eigenvalue weighted by atomic mass is 16.6. The summed E-state index contributed by atoms with van der Waals surface area (Å²) in [7, 11) is 0. The first-order valence-corrected chi connectivity index (χ1v) is 9.54. The Hall–Kier alpha value is -3.75. The molecule has 4 rings (SSSR count). The maximum atomic E-state index is 11.9. The van der Waals surface area contributed by atoms with Crippen LogP contribution in [-0.4, -0.2) is 36.6 Å². The van der Waals surface area contributed by atoms with Crippen LogP contribution < -0.4 is 5.32 Å². The molecule has 30 heavy (non-hydrogen) atoms. The van der Waals surface area contributed by atoms with Crippen molar-refractivity contribution >= 4 is 17.0 Å². The van der Waals surface area contributed by atoms with Crippen LogP contribution in [0.2, 0.25) is 0 Å². The Kier molecular flexibility index (Phi) is 5.18. The molecule has 0 atom stereocenters. The molecular formula is C21H22N6O3. The lowest BCUT2D eigenvalue weighted by molar-refractivity contribution is 0.0522. The number of ether oxygens (including phenoxy) is 1. The Morgan fingerprint density at radius 3 is 2.73 bits per heavy atom. The number of pyridine rings is 1. The highest BCUT2D eigenvalue weighted by Crippen LogP contribution is 2.28. The van der Waals surface area contributed by atoms with Gasteiger partial charge in [0.15, 0.2) is 5.82 Å². The van der Waals surface area contributed by atoms with Gasteiger partial charge in [-0.1, -0.05) is 29.4 Å². The smallest absolute Gasteiger partial charge is 0.408 e. The zero-order valence-electron chi connectivity index (χ0n) is 17.0. The molecule has 1 aromatic carbocycles. The summed E-state index contributed by atoms with van der Waals surface area (Å²) in [5, 5.41) is 12.2. The number of hydrogen-bond acceptors (Lipinski definition) is 7. The Balaban J connectivity index is 1.60. The van der Waals surface area contributed by atoms with E-state index in [2.05, 4.69) is 25.5 Å². The van der Waals surface area contributed by atoms with Crippen LogP contribution in [0.15, 0.2) is 53.2 Å². The van der Waals surface area contributed by atoms with Gasteiger partial charge < -0.3 is 14.6 Å². The van der Waals surface area contributed by atoms with Crippen LogP contribution >= 0.6 is 0 Å². The number of fused-ring (bicyclic) bond motifs is 1. The number of rotatable bonds is 5. The topological polar surface area (TPSA) is 108 Å². The fourth-order valence-corrected chi connectivity index (χ4v) is 2.95. The van der Waals surface area contributed by atoms with Crippen LogP contribution in [0.5, 0.6) is 0 Å². The highest BCUT2D eigenvalue weighted by molar-refractivity contribution is 5.91. The normalized spacial score (nSPS) is 11.6. The number of alkyl carbamates (subject to hydrolysis) is 1. The highest BCUT2D eigenvalue weighted by Gasteiger charge is 2.21. The molecule has 0 bridgehead atoms. The number of benzene rings is 1. The molecule has 3 aromatic heterocycles. The second-order valence-corrected chi connectivity index (χ2v) is 7.72. The van der Waals surface area contributed by atoms with Crippen LogP contribution in [-0.2, 0) is 17.8 Å². The maximum absolute atomic E-state index is 11.9. The van der Waals surface area contributed by atoms with Crippen molar-refractivity contribution in [2.75, 3.05) is 0 Å². The fraction of sp³-hybridized carbons (Fsp3) is 0.286. The van der Waals surface area contributed by atoms with Crippen molar-refractivity contribution in [1.82, 2.24) is 30.2 Å². The first kappa shape index (κ1) is 19.6.